The monoisotopic (exact) mass is 567 g/mol. The molecule has 0 bridgehead atoms. The van der Waals surface area contributed by atoms with E-state index in [9.17, 15) is 0 Å². The molecular formula is C27H31HfO2-5. The van der Waals surface area contributed by atoms with E-state index in [2.05, 4.69) is 79.3 Å². The van der Waals surface area contributed by atoms with Gasteiger partial charge in [-0.1, -0.05) is 50.2 Å². The van der Waals surface area contributed by atoms with Crippen LogP contribution in [0.4, 0.5) is 0 Å². The van der Waals surface area contributed by atoms with Crippen LogP contribution in [0.2, 0.25) is 0 Å². The van der Waals surface area contributed by atoms with E-state index >= 15 is 0 Å². The molecule has 0 heterocycles. The molecule has 0 unspecified atom stereocenters. The van der Waals surface area contributed by atoms with Crippen LogP contribution in [0.15, 0.2) is 97.1 Å². The summed E-state index contributed by atoms with van der Waals surface area (Å²) in [7, 11) is 0. The Labute approximate surface area is 202 Å². The van der Waals surface area contributed by atoms with Crippen molar-refractivity contribution in [3.8, 4) is 0 Å². The van der Waals surface area contributed by atoms with E-state index in [1.54, 1.807) is 13.8 Å². The molecule has 0 saturated heterocycles. The molecule has 2 aromatic rings. The summed E-state index contributed by atoms with van der Waals surface area (Å²) in [6.45, 7) is 3.14. The summed E-state index contributed by atoms with van der Waals surface area (Å²) in [6.07, 6.45) is 22.2. The fourth-order valence-corrected chi connectivity index (χ4v) is 1.97. The van der Waals surface area contributed by atoms with Gasteiger partial charge in [0.15, 0.2) is 0 Å². The zero-order valence-electron chi connectivity index (χ0n) is 18.0. The third-order valence-electron chi connectivity index (χ3n) is 3.10. The molecule has 2 aliphatic carbocycles. The summed E-state index contributed by atoms with van der Waals surface area (Å²) in [5.41, 5.74) is 2.49. The first-order chi connectivity index (χ1) is 14.3. The van der Waals surface area contributed by atoms with Crippen LogP contribution in [0.1, 0.15) is 37.8 Å². The fraction of sp³-hybridized carbons (Fsp3) is 0.222. The number of hydrogen-bond donors (Lipinski definition) is 0. The molecular weight excluding hydrogens is 535 g/mol. The second-order valence-corrected chi connectivity index (χ2v) is 5.55. The molecule has 4 rings (SSSR count). The van der Waals surface area contributed by atoms with Crippen molar-refractivity contribution in [1.82, 2.24) is 0 Å². The van der Waals surface area contributed by atoms with Gasteiger partial charge < -0.3 is 10.2 Å². The largest absolute Gasteiger partial charge is 0.855 e. The quantitative estimate of drug-likeness (QED) is 0.394. The van der Waals surface area contributed by atoms with E-state index in [1.165, 1.54) is 11.1 Å². The Kier molecular flexibility index (Phi) is 25.3. The molecule has 0 aliphatic heterocycles. The molecule has 160 valence electrons. The Morgan fingerprint density at radius 1 is 0.700 bits per heavy atom. The minimum atomic E-state index is 0. The van der Waals surface area contributed by atoms with Crippen molar-refractivity contribution < 1.29 is 36.1 Å². The molecule has 2 aliphatic rings. The van der Waals surface area contributed by atoms with Crippen molar-refractivity contribution in [2.45, 2.75) is 26.7 Å². The summed E-state index contributed by atoms with van der Waals surface area (Å²) in [4.78, 5) is 0. The molecule has 2 nitrogen and oxygen atoms in total. The smallest absolute Gasteiger partial charge is 0 e. The van der Waals surface area contributed by atoms with Crippen molar-refractivity contribution in [1.29, 1.82) is 0 Å². The van der Waals surface area contributed by atoms with Gasteiger partial charge in [-0.15, -0.1) is 67.9 Å². The van der Waals surface area contributed by atoms with Gasteiger partial charge >= 0.3 is 0 Å². The van der Waals surface area contributed by atoms with Gasteiger partial charge in [-0.05, 0) is 0 Å². The number of rotatable bonds is 2. The predicted molar refractivity (Wildman–Crippen MR) is 120 cm³/mol. The molecule has 0 spiro atoms. The molecule has 0 N–H and O–H groups in total. The maximum absolute atomic E-state index is 8.93. The molecule has 0 aromatic heterocycles. The van der Waals surface area contributed by atoms with E-state index < -0.39 is 0 Å². The molecule has 0 fully saturated rings. The zero-order chi connectivity index (χ0) is 21.4. The van der Waals surface area contributed by atoms with E-state index in [0.717, 1.165) is 12.8 Å². The van der Waals surface area contributed by atoms with Crippen molar-refractivity contribution in [2.24, 2.45) is 0 Å². The minimum absolute atomic E-state index is 0. The second kappa shape index (κ2) is 25.1. The Morgan fingerprint density at radius 2 is 1.03 bits per heavy atom. The van der Waals surface area contributed by atoms with Crippen LogP contribution < -0.4 is 10.2 Å². The van der Waals surface area contributed by atoms with Gasteiger partial charge in [0.05, 0.1) is 0 Å². The summed E-state index contributed by atoms with van der Waals surface area (Å²) in [5.74, 6) is 0. The van der Waals surface area contributed by atoms with Crippen LogP contribution >= 0.6 is 0 Å². The standard InChI is InChI=1S/C13H11.2C5H5.2C2H5O.Hf/c1-3-7-12(8-4-1)11-13-9-5-2-6-10-13;2*1-2-4-5-3-1;2*1-2-3;/h1-11H;2*1-3H,4H2;2*2H2,1H3;/q5*-1;. The molecule has 30 heavy (non-hydrogen) atoms. The van der Waals surface area contributed by atoms with Crippen molar-refractivity contribution >= 4 is 0 Å². The predicted octanol–water partition coefficient (Wildman–Crippen LogP) is 4.63. The Morgan fingerprint density at radius 3 is 1.23 bits per heavy atom. The topological polar surface area (TPSA) is 46.1 Å². The van der Waals surface area contributed by atoms with E-state index in [4.69, 9.17) is 10.2 Å². The first kappa shape index (κ1) is 30.3. The van der Waals surface area contributed by atoms with Crippen LogP contribution in [0.25, 0.3) is 0 Å². The summed E-state index contributed by atoms with van der Waals surface area (Å²) in [6, 6.07) is 20.7. The van der Waals surface area contributed by atoms with Gasteiger partial charge in [-0.25, -0.2) is 24.3 Å². The number of benzene rings is 2. The summed E-state index contributed by atoms with van der Waals surface area (Å²) in [5, 5.41) is 17.9. The minimum Gasteiger partial charge on any atom is -0.855 e. The summed E-state index contributed by atoms with van der Waals surface area (Å²) >= 11 is 0. The van der Waals surface area contributed by atoms with Gasteiger partial charge in [0, 0.05) is 25.8 Å². The Hall–Kier alpha value is -1.94. The van der Waals surface area contributed by atoms with Gasteiger partial charge in [0.2, 0.25) is 0 Å². The molecule has 2 aromatic carbocycles. The third-order valence-corrected chi connectivity index (χ3v) is 3.10. The van der Waals surface area contributed by atoms with Gasteiger partial charge in [0.1, 0.15) is 0 Å². The zero-order valence-corrected chi connectivity index (χ0v) is 21.6. The van der Waals surface area contributed by atoms with Crippen LogP contribution in [-0.2, 0) is 25.8 Å². The van der Waals surface area contributed by atoms with Gasteiger partial charge in [-0.2, -0.15) is 12.2 Å². The Bertz CT molecular complexity index is 608. The third kappa shape index (κ3) is 20.8. The summed E-state index contributed by atoms with van der Waals surface area (Å²) < 4.78 is 0. The van der Waals surface area contributed by atoms with E-state index in [-0.39, 0.29) is 39.1 Å². The van der Waals surface area contributed by atoms with Gasteiger partial charge in [0.25, 0.3) is 0 Å². The van der Waals surface area contributed by atoms with Crippen LogP contribution in [0, 0.1) is 18.6 Å². The van der Waals surface area contributed by atoms with Gasteiger partial charge in [-0.3, -0.25) is 12.2 Å². The normalized spacial score (nSPS) is 11.2. The van der Waals surface area contributed by atoms with E-state index in [1.807, 2.05) is 36.4 Å². The van der Waals surface area contributed by atoms with Crippen LogP contribution in [0.5, 0.6) is 0 Å². The average molecular weight is 566 g/mol. The maximum atomic E-state index is 8.93. The SMILES string of the molecule is CC[O-].CC[O-].[C-]1=CC=CC1.[C-]1=CC=CC1.[Hf].c1ccc([CH-]c2ccccc2)cc1. The first-order valence-corrected chi connectivity index (χ1v) is 9.82. The first-order valence-electron chi connectivity index (χ1n) is 9.82. The number of hydrogen-bond acceptors (Lipinski definition) is 2. The molecule has 0 atom stereocenters. The van der Waals surface area contributed by atoms with Crippen molar-refractivity contribution in [3.05, 3.63) is 127 Å². The maximum Gasteiger partial charge on any atom is 0 e. The fourth-order valence-electron chi connectivity index (χ4n) is 1.97. The van der Waals surface area contributed by atoms with Crippen LogP contribution in [0.3, 0.4) is 0 Å². The molecule has 0 saturated carbocycles. The van der Waals surface area contributed by atoms with E-state index in [0.29, 0.717) is 0 Å². The molecule has 0 radical (unpaired) electrons. The van der Waals surface area contributed by atoms with Crippen molar-refractivity contribution in [2.75, 3.05) is 13.2 Å². The Balaban J connectivity index is 0. The van der Waals surface area contributed by atoms with Crippen LogP contribution in [-0.4, -0.2) is 13.2 Å². The van der Waals surface area contributed by atoms with Crippen molar-refractivity contribution in [3.63, 3.8) is 0 Å². The average Bonchev–Trinajstić information content (AvgIpc) is 3.50. The second-order valence-electron chi connectivity index (χ2n) is 5.55. The molecule has 0 amide bonds. The molecule has 3 heteroatoms. The number of allylic oxidation sites excluding steroid dienone is 8.